The van der Waals surface area contributed by atoms with Crippen LogP contribution in [0.2, 0.25) is 0 Å². The summed E-state index contributed by atoms with van der Waals surface area (Å²) in [5.41, 5.74) is 2.65. The van der Waals surface area contributed by atoms with E-state index >= 15 is 0 Å². The number of rotatable bonds is 5. The van der Waals surface area contributed by atoms with Gasteiger partial charge < -0.3 is 14.2 Å². The predicted octanol–water partition coefficient (Wildman–Crippen LogP) is 4.82. The van der Waals surface area contributed by atoms with Gasteiger partial charge in [0.25, 0.3) is 5.91 Å². The lowest BCUT2D eigenvalue weighted by Gasteiger charge is -2.34. The second-order valence-electron chi connectivity index (χ2n) is 8.57. The van der Waals surface area contributed by atoms with Gasteiger partial charge in [0.15, 0.2) is 0 Å². The zero-order valence-corrected chi connectivity index (χ0v) is 21.1. The first kappa shape index (κ1) is 23.3. The minimum atomic E-state index is -3.91. The molecular weight excluding hydrogens is 482 g/mol. The topological polar surface area (TPSA) is 83.7 Å². The fourth-order valence-corrected chi connectivity index (χ4v) is 6.05. The maximum atomic E-state index is 13.6. The lowest BCUT2D eigenvalue weighted by molar-refractivity contribution is 0.0745. The third-order valence-electron chi connectivity index (χ3n) is 6.02. The molecule has 0 atom stereocenters. The number of aryl methyl sites for hydroxylation is 2. The van der Waals surface area contributed by atoms with Crippen molar-refractivity contribution in [3.63, 3.8) is 0 Å². The van der Waals surface area contributed by atoms with Crippen LogP contribution in [0.4, 0.5) is 5.88 Å². The number of carbonyl (C=O) groups excluding carboxylic acids is 1. The number of hydrogen-bond donors (Lipinski definition) is 0. The molecule has 1 aliphatic rings. The van der Waals surface area contributed by atoms with Crippen LogP contribution < -0.4 is 4.90 Å². The lowest BCUT2D eigenvalue weighted by Crippen LogP contribution is -2.49. The molecule has 5 rings (SSSR count). The van der Waals surface area contributed by atoms with Crippen molar-refractivity contribution >= 4 is 33.0 Å². The Morgan fingerprint density at radius 1 is 0.943 bits per heavy atom. The fraction of sp³-hybridized carbons (Fsp3) is 0.231. The van der Waals surface area contributed by atoms with E-state index in [0.717, 1.165) is 16.0 Å². The Kier molecular flexibility index (Phi) is 6.21. The number of aromatic nitrogens is 1. The van der Waals surface area contributed by atoms with Crippen molar-refractivity contribution in [1.82, 2.24) is 9.88 Å². The summed E-state index contributed by atoms with van der Waals surface area (Å²) in [5.74, 6) is 0.466. The third kappa shape index (κ3) is 4.61. The summed E-state index contributed by atoms with van der Waals surface area (Å²) in [6.07, 6.45) is 0. The van der Waals surface area contributed by atoms with Gasteiger partial charge in [-0.1, -0.05) is 41.5 Å². The van der Waals surface area contributed by atoms with Crippen LogP contribution in [0.15, 0.2) is 80.4 Å². The molecule has 9 heteroatoms. The van der Waals surface area contributed by atoms with Crippen LogP contribution in [0.1, 0.15) is 21.5 Å². The molecule has 0 aliphatic carbocycles. The molecule has 7 nitrogen and oxygen atoms in total. The molecule has 180 valence electrons. The van der Waals surface area contributed by atoms with Gasteiger partial charge in [-0.3, -0.25) is 4.79 Å². The average Bonchev–Trinajstić information content (AvgIpc) is 3.55. The molecule has 1 amide bonds. The Morgan fingerprint density at radius 2 is 1.69 bits per heavy atom. The summed E-state index contributed by atoms with van der Waals surface area (Å²) in [5, 5.41) is 1.80. The van der Waals surface area contributed by atoms with E-state index in [2.05, 4.69) is 4.98 Å². The predicted molar refractivity (Wildman–Crippen MR) is 136 cm³/mol. The molecule has 1 fully saturated rings. The molecule has 2 aromatic heterocycles. The molecule has 0 radical (unpaired) electrons. The van der Waals surface area contributed by atoms with E-state index < -0.39 is 9.84 Å². The highest BCUT2D eigenvalue weighted by Gasteiger charge is 2.33. The number of carbonyl (C=O) groups is 1. The van der Waals surface area contributed by atoms with Crippen LogP contribution in [0.5, 0.6) is 0 Å². The molecule has 35 heavy (non-hydrogen) atoms. The Labute approximate surface area is 208 Å². The summed E-state index contributed by atoms with van der Waals surface area (Å²) in [6, 6.07) is 18.0. The Balaban J connectivity index is 1.44. The van der Waals surface area contributed by atoms with Crippen molar-refractivity contribution in [1.29, 1.82) is 0 Å². The van der Waals surface area contributed by atoms with Gasteiger partial charge in [0, 0.05) is 31.7 Å². The third-order valence-corrected chi connectivity index (χ3v) is 8.54. The van der Waals surface area contributed by atoms with E-state index in [1.54, 1.807) is 29.2 Å². The first-order chi connectivity index (χ1) is 16.8. The molecule has 2 aromatic carbocycles. The molecule has 0 unspecified atom stereocenters. The summed E-state index contributed by atoms with van der Waals surface area (Å²) >= 11 is 1.43. The lowest BCUT2D eigenvalue weighted by atomic mass is 10.1. The Hall–Kier alpha value is -3.43. The van der Waals surface area contributed by atoms with Gasteiger partial charge in [0.2, 0.25) is 26.6 Å². The molecule has 0 spiro atoms. The van der Waals surface area contributed by atoms with E-state index in [9.17, 15) is 13.2 Å². The number of anilines is 1. The van der Waals surface area contributed by atoms with Crippen LogP contribution >= 0.6 is 11.3 Å². The highest BCUT2D eigenvalue weighted by atomic mass is 32.2. The quantitative estimate of drug-likeness (QED) is 0.385. The monoisotopic (exact) mass is 507 g/mol. The van der Waals surface area contributed by atoms with Gasteiger partial charge in [0.1, 0.15) is 0 Å². The van der Waals surface area contributed by atoms with Crippen LogP contribution in [-0.4, -0.2) is 50.4 Å². The highest BCUT2D eigenvalue weighted by molar-refractivity contribution is 7.91. The second kappa shape index (κ2) is 9.31. The summed E-state index contributed by atoms with van der Waals surface area (Å²) < 4.78 is 33.2. The van der Waals surface area contributed by atoms with E-state index in [4.69, 9.17) is 4.42 Å². The number of oxazole rings is 1. The number of sulfone groups is 1. The largest absolute Gasteiger partial charge is 0.418 e. The molecule has 0 bridgehead atoms. The van der Waals surface area contributed by atoms with E-state index in [-0.39, 0.29) is 27.6 Å². The van der Waals surface area contributed by atoms with Crippen molar-refractivity contribution < 1.29 is 17.6 Å². The Morgan fingerprint density at radius 3 is 2.34 bits per heavy atom. The van der Waals surface area contributed by atoms with Crippen molar-refractivity contribution in [2.24, 2.45) is 0 Å². The normalized spacial score (nSPS) is 14.3. The maximum Gasteiger partial charge on any atom is 0.253 e. The average molecular weight is 508 g/mol. The highest BCUT2D eigenvalue weighted by Crippen LogP contribution is 2.36. The van der Waals surface area contributed by atoms with E-state index in [1.165, 1.54) is 11.3 Å². The van der Waals surface area contributed by atoms with Gasteiger partial charge >= 0.3 is 0 Å². The van der Waals surface area contributed by atoms with Crippen molar-refractivity contribution in [3.05, 3.63) is 82.7 Å². The molecule has 1 saturated heterocycles. The van der Waals surface area contributed by atoms with Crippen molar-refractivity contribution in [2.75, 3.05) is 31.1 Å². The van der Waals surface area contributed by atoms with Crippen LogP contribution in [-0.2, 0) is 9.84 Å². The van der Waals surface area contributed by atoms with Gasteiger partial charge in [-0.2, -0.15) is 4.98 Å². The summed E-state index contributed by atoms with van der Waals surface area (Å²) in [6.45, 7) is 5.64. The van der Waals surface area contributed by atoms with Gasteiger partial charge in [-0.05, 0) is 49.6 Å². The second-order valence-corrected chi connectivity index (χ2v) is 11.4. The standard InChI is InChI=1S/C26H25N3O4S2/c1-18-8-10-21(11-9-18)35(31,32)24-26(33-23(27-24)22-7-4-16-34-22)29-14-12-28(13-15-29)25(30)20-6-3-5-19(2)17-20/h3-11,16-17H,12-15H2,1-2H3. The number of benzene rings is 2. The number of hydrogen-bond acceptors (Lipinski definition) is 7. The van der Waals surface area contributed by atoms with Gasteiger partial charge in [-0.15, -0.1) is 11.3 Å². The number of piperazine rings is 1. The number of amides is 1. The first-order valence-electron chi connectivity index (χ1n) is 11.3. The van der Waals surface area contributed by atoms with Crippen LogP contribution in [0, 0.1) is 13.8 Å². The minimum Gasteiger partial charge on any atom is -0.418 e. The zero-order valence-electron chi connectivity index (χ0n) is 19.5. The van der Waals surface area contributed by atoms with E-state index in [1.807, 2.05) is 60.5 Å². The molecule has 1 aliphatic heterocycles. The van der Waals surface area contributed by atoms with Crippen LogP contribution in [0.25, 0.3) is 10.8 Å². The number of thiophene rings is 1. The summed E-state index contributed by atoms with van der Waals surface area (Å²) in [7, 11) is -3.91. The van der Waals surface area contributed by atoms with E-state index in [0.29, 0.717) is 31.7 Å². The van der Waals surface area contributed by atoms with Gasteiger partial charge in [-0.25, -0.2) is 8.42 Å². The smallest absolute Gasteiger partial charge is 0.253 e. The van der Waals surface area contributed by atoms with Crippen LogP contribution in [0.3, 0.4) is 0 Å². The summed E-state index contributed by atoms with van der Waals surface area (Å²) in [4.78, 5) is 22.0. The molecule has 0 N–H and O–H groups in total. The zero-order chi connectivity index (χ0) is 24.6. The van der Waals surface area contributed by atoms with Gasteiger partial charge in [0.05, 0.1) is 9.77 Å². The number of nitrogens with zero attached hydrogens (tertiary/aromatic N) is 3. The minimum absolute atomic E-state index is 0.0299. The molecule has 0 saturated carbocycles. The molecule has 3 heterocycles. The van der Waals surface area contributed by atoms with Crippen molar-refractivity contribution in [3.8, 4) is 10.8 Å². The first-order valence-corrected chi connectivity index (χ1v) is 13.7. The SMILES string of the molecule is Cc1ccc(S(=O)(=O)c2nc(-c3cccs3)oc2N2CCN(C(=O)c3cccc(C)c3)CC2)cc1. The maximum absolute atomic E-state index is 13.6. The molecular formula is C26H25N3O4S2. The van der Waals surface area contributed by atoms with Crippen molar-refractivity contribution in [2.45, 2.75) is 23.8 Å². The fourth-order valence-electron chi connectivity index (χ4n) is 4.08. The molecule has 4 aromatic rings. The Bertz CT molecular complexity index is 1450.